The number of pyridine rings is 1. The lowest BCUT2D eigenvalue weighted by atomic mass is 9.83. The van der Waals surface area contributed by atoms with Gasteiger partial charge in [-0.15, -0.1) is 0 Å². The number of nitrogens with zero attached hydrogens (tertiary/aromatic N) is 1. The van der Waals surface area contributed by atoms with E-state index in [2.05, 4.69) is 29.5 Å². The highest BCUT2D eigenvalue weighted by Gasteiger charge is 2.29. The van der Waals surface area contributed by atoms with Crippen LogP contribution >= 0.6 is 0 Å². The first-order valence-electron chi connectivity index (χ1n) is 7.66. The van der Waals surface area contributed by atoms with Gasteiger partial charge in [0.15, 0.2) is 0 Å². The summed E-state index contributed by atoms with van der Waals surface area (Å²) in [6.07, 6.45) is 8.54. The number of amides is 1. The third-order valence-electron chi connectivity index (χ3n) is 3.97. The van der Waals surface area contributed by atoms with E-state index in [1.165, 1.54) is 19.3 Å². The standard InChI is InChI=1S/C16H25N3O/c1-3-11-17-14-13(8-7-12-18-14)15(20)19-16(2)9-5-4-6-10-16/h7-8,12H,3-6,9-11H2,1-2H3,(H,17,18)(H,19,20). The van der Waals surface area contributed by atoms with Crippen LogP contribution in [0.2, 0.25) is 0 Å². The van der Waals surface area contributed by atoms with Gasteiger partial charge in [-0.3, -0.25) is 4.79 Å². The summed E-state index contributed by atoms with van der Waals surface area (Å²) in [6, 6.07) is 3.65. The maximum atomic E-state index is 12.5. The van der Waals surface area contributed by atoms with Gasteiger partial charge in [0, 0.05) is 18.3 Å². The number of hydrogen-bond donors (Lipinski definition) is 2. The zero-order chi connectivity index (χ0) is 14.4. The Morgan fingerprint density at radius 1 is 1.35 bits per heavy atom. The molecule has 1 fully saturated rings. The van der Waals surface area contributed by atoms with Crippen molar-refractivity contribution in [3.63, 3.8) is 0 Å². The highest BCUT2D eigenvalue weighted by atomic mass is 16.1. The van der Waals surface area contributed by atoms with Gasteiger partial charge in [0.05, 0.1) is 5.56 Å². The van der Waals surface area contributed by atoms with Crippen LogP contribution < -0.4 is 10.6 Å². The van der Waals surface area contributed by atoms with Crippen LogP contribution in [0.3, 0.4) is 0 Å². The number of hydrogen-bond acceptors (Lipinski definition) is 3. The van der Waals surface area contributed by atoms with Crippen LogP contribution in [-0.2, 0) is 0 Å². The van der Waals surface area contributed by atoms with Gasteiger partial charge < -0.3 is 10.6 Å². The van der Waals surface area contributed by atoms with Gasteiger partial charge in [-0.2, -0.15) is 0 Å². The Hall–Kier alpha value is -1.58. The van der Waals surface area contributed by atoms with Gasteiger partial charge in [0.1, 0.15) is 5.82 Å². The second-order valence-electron chi connectivity index (χ2n) is 5.90. The molecular weight excluding hydrogens is 250 g/mol. The van der Waals surface area contributed by atoms with Crippen molar-refractivity contribution in [2.24, 2.45) is 0 Å². The fraction of sp³-hybridized carbons (Fsp3) is 0.625. The predicted molar refractivity (Wildman–Crippen MR) is 82.0 cm³/mol. The monoisotopic (exact) mass is 275 g/mol. The first-order valence-corrected chi connectivity index (χ1v) is 7.66. The molecule has 1 aliphatic rings. The second kappa shape index (κ2) is 6.73. The first kappa shape index (κ1) is 14.8. The van der Waals surface area contributed by atoms with Crippen molar-refractivity contribution in [3.8, 4) is 0 Å². The molecule has 1 amide bonds. The Morgan fingerprint density at radius 2 is 2.10 bits per heavy atom. The van der Waals surface area contributed by atoms with E-state index in [4.69, 9.17) is 0 Å². The third kappa shape index (κ3) is 3.71. The van der Waals surface area contributed by atoms with E-state index in [-0.39, 0.29) is 11.4 Å². The summed E-state index contributed by atoms with van der Waals surface area (Å²) < 4.78 is 0. The van der Waals surface area contributed by atoms with Crippen molar-refractivity contribution in [2.75, 3.05) is 11.9 Å². The number of aromatic nitrogens is 1. The van der Waals surface area contributed by atoms with Gasteiger partial charge in [-0.1, -0.05) is 26.2 Å². The van der Waals surface area contributed by atoms with Crippen LogP contribution in [0, 0.1) is 0 Å². The number of carbonyl (C=O) groups excluding carboxylic acids is 1. The van der Waals surface area contributed by atoms with Crippen LogP contribution in [0.5, 0.6) is 0 Å². The fourth-order valence-corrected chi connectivity index (χ4v) is 2.77. The molecule has 2 N–H and O–H groups in total. The molecule has 2 rings (SSSR count). The molecule has 110 valence electrons. The van der Waals surface area contributed by atoms with E-state index in [1.54, 1.807) is 6.20 Å². The van der Waals surface area contributed by atoms with E-state index in [9.17, 15) is 4.79 Å². The Kier molecular flexibility index (Phi) is 4.99. The maximum Gasteiger partial charge on any atom is 0.255 e. The molecule has 4 nitrogen and oxygen atoms in total. The summed E-state index contributed by atoms with van der Waals surface area (Å²) in [6.45, 7) is 5.08. The molecule has 4 heteroatoms. The van der Waals surface area contributed by atoms with Crippen molar-refractivity contribution in [3.05, 3.63) is 23.9 Å². The van der Waals surface area contributed by atoms with E-state index in [1.807, 2.05) is 12.1 Å². The zero-order valence-corrected chi connectivity index (χ0v) is 12.5. The minimum Gasteiger partial charge on any atom is -0.369 e. The lowest BCUT2D eigenvalue weighted by Gasteiger charge is -2.34. The fourth-order valence-electron chi connectivity index (χ4n) is 2.77. The molecule has 1 aromatic heterocycles. The molecular formula is C16H25N3O. The van der Waals surface area contributed by atoms with Crippen molar-refractivity contribution in [1.29, 1.82) is 0 Å². The molecule has 1 heterocycles. The lowest BCUT2D eigenvalue weighted by Crippen LogP contribution is -2.47. The molecule has 1 aliphatic carbocycles. The summed E-state index contributed by atoms with van der Waals surface area (Å²) in [5.74, 6) is 0.673. The summed E-state index contributed by atoms with van der Waals surface area (Å²) >= 11 is 0. The maximum absolute atomic E-state index is 12.5. The summed E-state index contributed by atoms with van der Waals surface area (Å²) in [5.41, 5.74) is 0.584. The van der Waals surface area contributed by atoms with E-state index in [0.29, 0.717) is 11.4 Å². The molecule has 1 saturated carbocycles. The average molecular weight is 275 g/mol. The molecule has 0 saturated heterocycles. The van der Waals surface area contributed by atoms with E-state index >= 15 is 0 Å². The SMILES string of the molecule is CCCNc1ncccc1C(=O)NC1(C)CCCCC1. The quantitative estimate of drug-likeness (QED) is 0.866. The average Bonchev–Trinajstić information content (AvgIpc) is 2.45. The number of nitrogens with one attached hydrogen (secondary N) is 2. The van der Waals surface area contributed by atoms with Gasteiger partial charge in [-0.05, 0) is 38.3 Å². The Morgan fingerprint density at radius 3 is 2.80 bits per heavy atom. The van der Waals surface area contributed by atoms with Crippen molar-refractivity contribution in [2.45, 2.75) is 57.9 Å². The Bertz CT molecular complexity index is 453. The molecule has 1 aromatic rings. The Labute approximate surface area is 121 Å². The minimum atomic E-state index is -0.0623. The topological polar surface area (TPSA) is 54.0 Å². The van der Waals surface area contributed by atoms with Crippen LogP contribution in [-0.4, -0.2) is 23.0 Å². The molecule has 0 spiro atoms. The lowest BCUT2D eigenvalue weighted by molar-refractivity contribution is 0.0883. The predicted octanol–water partition coefficient (Wildman–Crippen LogP) is 3.36. The molecule has 0 atom stereocenters. The van der Waals surface area contributed by atoms with Crippen molar-refractivity contribution < 1.29 is 4.79 Å². The van der Waals surface area contributed by atoms with Gasteiger partial charge in [-0.25, -0.2) is 4.98 Å². The first-order chi connectivity index (χ1) is 9.64. The molecule has 20 heavy (non-hydrogen) atoms. The third-order valence-corrected chi connectivity index (χ3v) is 3.97. The van der Waals surface area contributed by atoms with Crippen LogP contribution in [0.1, 0.15) is 62.7 Å². The largest absolute Gasteiger partial charge is 0.369 e. The number of anilines is 1. The van der Waals surface area contributed by atoms with Crippen molar-refractivity contribution in [1.82, 2.24) is 10.3 Å². The van der Waals surface area contributed by atoms with Crippen LogP contribution in [0.4, 0.5) is 5.82 Å². The molecule has 0 unspecified atom stereocenters. The molecule has 0 radical (unpaired) electrons. The normalized spacial score (nSPS) is 17.5. The molecule has 0 bridgehead atoms. The highest BCUT2D eigenvalue weighted by Crippen LogP contribution is 2.28. The Balaban J connectivity index is 2.08. The summed E-state index contributed by atoms with van der Waals surface area (Å²) in [4.78, 5) is 16.8. The van der Waals surface area contributed by atoms with Crippen LogP contribution in [0.25, 0.3) is 0 Å². The van der Waals surface area contributed by atoms with Gasteiger partial charge in [0.2, 0.25) is 0 Å². The van der Waals surface area contributed by atoms with E-state index in [0.717, 1.165) is 25.8 Å². The highest BCUT2D eigenvalue weighted by molar-refractivity contribution is 5.99. The summed E-state index contributed by atoms with van der Waals surface area (Å²) in [5, 5.41) is 6.43. The van der Waals surface area contributed by atoms with Crippen molar-refractivity contribution >= 4 is 11.7 Å². The van der Waals surface area contributed by atoms with Gasteiger partial charge >= 0.3 is 0 Å². The van der Waals surface area contributed by atoms with Gasteiger partial charge in [0.25, 0.3) is 5.91 Å². The van der Waals surface area contributed by atoms with Crippen LogP contribution in [0.15, 0.2) is 18.3 Å². The smallest absolute Gasteiger partial charge is 0.255 e. The summed E-state index contributed by atoms with van der Waals surface area (Å²) in [7, 11) is 0. The van der Waals surface area contributed by atoms with E-state index < -0.39 is 0 Å². The zero-order valence-electron chi connectivity index (χ0n) is 12.5. The molecule has 0 aliphatic heterocycles. The molecule has 0 aromatic carbocycles. The number of carbonyl (C=O) groups is 1. The second-order valence-corrected chi connectivity index (χ2v) is 5.90. The number of rotatable bonds is 5. The minimum absolute atomic E-state index is 0.0129.